The summed E-state index contributed by atoms with van der Waals surface area (Å²) in [5.41, 5.74) is 1.06. The van der Waals surface area contributed by atoms with E-state index in [-0.39, 0.29) is 5.91 Å². The van der Waals surface area contributed by atoms with Crippen molar-refractivity contribution in [3.8, 4) is 11.5 Å². The van der Waals surface area contributed by atoms with Crippen LogP contribution in [0.15, 0.2) is 28.9 Å². The molecule has 1 aliphatic heterocycles. The Hall–Kier alpha value is -2.08. The molecule has 1 fully saturated rings. The van der Waals surface area contributed by atoms with Crippen molar-refractivity contribution in [2.45, 2.75) is 6.42 Å². The number of nitrogens with zero attached hydrogens (tertiary/aromatic N) is 1. The topological polar surface area (TPSA) is 80.1 Å². The highest BCUT2D eigenvalue weighted by Crippen LogP contribution is 2.17. The molecule has 100 valence electrons. The quantitative estimate of drug-likeness (QED) is 0.872. The number of H-pyrrole nitrogens is 1. The summed E-state index contributed by atoms with van der Waals surface area (Å²) in [4.78, 5) is 11.9. The molecule has 2 N–H and O–H groups in total. The van der Waals surface area contributed by atoms with Crippen molar-refractivity contribution in [3.63, 3.8) is 0 Å². The maximum absolute atomic E-state index is 11.9. The van der Waals surface area contributed by atoms with Crippen LogP contribution in [-0.2, 0) is 4.74 Å². The number of ether oxygens (including phenoxy) is 1. The Balaban J connectivity index is 1.60. The van der Waals surface area contributed by atoms with Crippen molar-refractivity contribution in [1.82, 2.24) is 15.5 Å². The number of aromatic nitrogens is 2. The van der Waals surface area contributed by atoms with Crippen LogP contribution in [0.4, 0.5) is 0 Å². The van der Waals surface area contributed by atoms with E-state index in [2.05, 4.69) is 15.5 Å². The fourth-order valence-corrected chi connectivity index (χ4v) is 2.07. The van der Waals surface area contributed by atoms with Crippen LogP contribution >= 0.6 is 0 Å². The van der Waals surface area contributed by atoms with Crippen molar-refractivity contribution in [3.05, 3.63) is 30.2 Å². The zero-order valence-corrected chi connectivity index (χ0v) is 10.4. The average Bonchev–Trinajstić information content (AvgIpc) is 3.14. The maximum Gasteiger partial charge on any atom is 0.271 e. The second-order valence-corrected chi connectivity index (χ2v) is 4.58. The van der Waals surface area contributed by atoms with Gasteiger partial charge in [0.2, 0.25) is 0 Å². The zero-order chi connectivity index (χ0) is 13.1. The summed E-state index contributed by atoms with van der Waals surface area (Å²) in [6.45, 7) is 2.13. The van der Waals surface area contributed by atoms with Crippen LogP contribution in [0.2, 0.25) is 0 Å². The van der Waals surface area contributed by atoms with E-state index in [1.54, 1.807) is 18.4 Å². The smallest absolute Gasteiger partial charge is 0.271 e. The molecular weight excluding hydrogens is 246 g/mol. The number of hydrogen-bond donors (Lipinski definition) is 2. The van der Waals surface area contributed by atoms with Crippen LogP contribution in [0.1, 0.15) is 16.9 Å². The molecule has 6 nitrogen and oxygen atoms in total. The molecule has 3 heterocycles. The SMILES string of the molecule is O=C(NC[C@@H]1CCOC1)c1cc(-c2ccco2)[nH]n1. The van der Waals surface area contributed by atoms with Gasteiger partial charge in [-0.1, -0.05) is 0 Å². The minimum Gasteiger partial charge on any atom is -0.463 e. The molecule has 0 aromatic carbocycles. The molecular formula is C13H15N3O3. The first-order valence-electron chi connectivity index (χ1n) is 6.28. The summed E-state index contributed by atoms with van der Waals surface area (Å²) in [6.07, 6.45) is 2.58. The van der Waals surface area contributed by atoms with Gasteiger partial charge in [-0.25, -0.2) is 0 Å². The van der Waals surface area contributed by atoms with E-state index in [9.17, 15) is 4.79 Å². The number of carbonyl (C=O) groups excluding carboxylic acids is 1. The van der Waals surface area contributed by atoms with E-state index in [0.29, 0.717) is 29.6 Å². The molecule has 1 amide bonds. The second-order valence-electron chi connectivity index (χ2n) is 4.58. The molecule has 0 bridgehead atoms. The first-order valence-corrected chi connectivity index (χ1v) is 6.28. The molecule has 19 heavy (non-hydrogen) atoms. The van der Waals surface area contributed by atoms with Gasteiger partial charge in [-0.05, 0) is 18.6 Å². The second kappa shape index (κ2) is 5.27. The Morgan fingerprint density at radius 3 is 3.26 bits per heavy atom. The molecule has 6 heteroatoms. The highest BCUT2D eigenvalue weighted by molar-refractivity contribution is 5.93. The van der Waals surface area contributed by atoms with Gasteiger partial charge < -0.3 is 14.5 Å². The monoisotopic (exact) mass is 261 g/mol. The van der Waals surface area contributed by atoms with Crippen molar-refractivity contribution in [2.75, 3.05) is 19.8 Å². The molecule has 1 saturated heterocycles. The number of furan rings is 1. The highest BCUT2D eigenvalue weighted by atomic mass is 16.5. The van der Waals surface area contributed by atoms with Gasteiger partial charge in [0.25, 0.3) is 5.91 Å². The van der Waals surface area contributed by atoms with Crippen molar-refractivity contribution >= 4 is 5.91 Å². The van der Waals surface area contributed by atoms with Gasteiger partial charge in [-0.15, -0.1) is 0 Å². The first kappa shape index (κ1) is 12.0. The van der Waals surface area contributed by atoms with Gasteiger partial charge in [-0.2, -0.15) is 5.10 Å². The van der Waals surface area contributed by atoms with Gasteiger partial charge in [-0.3, -0.25) is 9.89 Å². The lowest BCUT2D eigenvalue weighted by Crippen LogP contribution is -2.29. The molecule has 2 aromatic rings. The van der Waals surface area contributed by atoms with Crippen LogP contribution in [0, 0.1) is 5.92 Å². The molecule has 0 radical (unpaired) electrons. The third-order valence-electron chi connectivity index (χ3n) is 3.17. The van der Waals surface area contributed by atoms with Gasteiger partial charge >= 0.3 is 0 Å². The number of nitrogens with one attached hydrogen (secondary N) is 2. The number of carbonyl (C=O) groups is 1. The standard InChI is InChI=1S/C13H15N3O3/c17-13(14-7-9-3-5-18-8-9)11-6-10(15-16-11)12-2-1-4-19-12/h1-2,4,6,9H,3,5,7-8H2,(H,14,17)(H,15,16)/t9-/m0/s1. The third-order valence-corrected chi connectivity index (χ3v) is 3.17. The highest BCUT2D eigenvalue weighted by Gasteiger charge is 2.18. The normalized spacial score (nSPS) is 18.6. The fourth-order valence-electron chi connectivity index (χ4n) is 2.07. The Morgan fingerprint density at radius 2 is 2.53 bits per heavy atom. The van der Waals surface area contributed by atoms with Crippen molar-refractivity contribution < 1.29 is 13.9 Å². The Labute approximate surface area is 110 Å². The summed E-state index contributed by atoms with van der Waals surface area (Å²) in [6, 6.07) is 5.28. The zero-order valence-electron chi connectivity index (χ0n) is 10.4. The summed E-state index contributed by atoms with van der Waals surface area (Å²) in [5, 5.41) is 9.64. The Kier molecular flexibility index (Phi) is 3.33. The average molecular weight is 261 g/mol. The number of rotatable bonds is 4. The van der Waals surface area contributed by atoms with Gasteiger partial charge in [0.15, 0.2) is 11.5 Å². The lowest BCUT2D eigenvalue weighted by Gasteiger charge is -2.07. The fraction of sp³-hybridized carbons (Fsp3) is 0.385. The molecule has 0 unspecified atom stereocenters. The minimum absolute atomic E-state index is 0.180. The largest absolute Gasteiger partial charge is 0.463 e. The lowest BCUT2D eigenvalue weighted by atomic mass is 10.1. The van der Waals surface area contributed by atoms with Crippen molar-refractivity contribution in [1.29, 1.82) is 0 Å². The summed E-state index contributed by atoms with van der Waals surface area (Å²) in [7, 11) is 0. The first-order chi connectivity index (χ1) is 9.33. The minimum atomic E-state index is -0.180. The van der Waals surface area contributed by atoms with Gasteiger partial charge in [0, 0.05) is 25.1 Å². The predicted octanol–water partition coefficient (Wildman–Crippen LogP) is 1.44. The van der Waals surface area contributed by atoms with Crippen LogP contribution in [0.3, 0.4) is 0 Å². The Bertz CT molecular complexity index is 541. The van der Waals surface area contributed by atoms with Crippen molar-refractivity contribution in [2.24, 2.45) is 5.92 Å². The van der Waals surface area contributed by atoms with Crippen LogP contribution in [0.25, 0.3) is 11.5 Å². The van der Waals surface area contributed by atoms with Gasteiger partial charge in [0.05, 0.1) is 12.9 Å². The van der Waals surface area contributed by atoms with E-state index < -0.39 is 0 Å². The van der Waals surface area contributed by atoms with E-state index >= 15 is 0 Å². The molecule has 2 aromatic heterocycles. The summed E-state index contributed by atoms with van der Waals surface area (Å²) >= 11 is 0. The number of aromatic amines is 1. The lowest BCUT2D eigenvalue weighted by molar-refractivity contribution is 0.0940. The Morgan fingerprint density at radius 1 is 1.58 bits per heavy atom. The predicted molar refractivity (Wildman–Crippen MR) is 67.5 cm³/mol. The van der Waals surface area contributed by atoms with E-state index in [1.807, 2.05) is 6.07 Å². The molecule has 0 spiro atoms. The molecule has 1 atom stereocenters. The number of amides is 1. The molecule has 0 saturated carbocycles. The van der Waals surface area contributed by atoms with Crippen LogP contribution in [-0.4, -0.2) is 35.9 Å². The molecule has 3 rings (SSSR count). The van der Waals surface area contributed by atoms with E-state index in [1.165, 1.54) is 0 Å². The third kappa shape index (κ3) is 2.68. The van der Waals surface area contributed by atoms with Gasteiger partial charge in [0.1, 0.15) is 5.69 Å². The summed E-state index contributed by atoms with van der Waals surface area (Å²) < 4.78 is 10.5. The molecule has 0 aliphatic carbocycles. The van der Waals surface area contributed by atoms with Crippen LogP contribution < -0.4 is 5.32 Å². The summed E-state index contributed by atoms with van der Waals surface area (Å²) in [5.74, 6) is 0.893. The number of hydrogen-bond acceptors (Lipinski definition) is 4. The molecule has 1 aliphatic rings. The van der Waals surface area contributed by atoms with Crippen LogP contribution in [0.5, 0.6) is 0 Å². The van der Waals surface area contributed by atoms with E-state index in [4.69, 9.17) is 9.15 Å². The van der Waals surface area contributed by atoms with E-state index in [0.717, 1.165) is 19.6 Å². The maximum atomic E-state index is 11.9.